The van der Waals surface area contributed by atoms with Crippen molar-refractivity contribution in [2.45, 2.75) is 77.4 Å². The molecule has 2 rings (SSSR count). The van der Waals surface area contributed by atoms with Crippen LogP contribution in [0, 0.1) is 11.3 Å². The van der Waals surface area contributed by atoms with E-state index in [0.29, 0.717) is 19.4 Å². The highest BCUT2D eigenvalue weighted by atomic mass is 16.7. The van der Waals surface area contributed by atoms with Crippen molar-refractivity contribution in [2.24, 2.45) is 11.3 Å². The van der Waals surface area contributed by atoms with E-state index in [-0.39, 0.29) is 5.92 Å². The van der Waals surface area contributed by atoms with Crippen molar-refractivity contribution in [1.82, 2.24) is 0 Å². The summed E-state index contributed by atoms with van der Waals surface area (Å²) in [4.78, 5) is 24.1. The van der Waals surface area contributed by atoms with E-state index in [4.69, 9.17) is 9.47 Å². The van der Waals surface area contributed by atoms with Crippen LogP contribution in [0.25, 0.3) is 0 Å². The molecule has 2 aliphatic rings. The number of hydrogen-bond acceptors (Lipinski definition) is 4. The summed E-state index contributed by atoms with van der Waals surface area (Å²) in [5.74, 6) is -1.44. The minimum atomic E-state index is -1.34. The summed E-state index contributed by atoms with van der Waals surface area (Å²) in [6.45, 7) is 2.55. The van der Waals surface area contributed by atoms with Crippen molar-refractivity contribution in [2.75, 3.05) is 6.61 Å². The highest BCUT2D eigenvalue weighted by Crippen LogP contribution is 2.40. The molecule has 0 saturated heterocycles. The first-order valence-electron chi connectivity index (χ1n) is 8.66. The summed E-state index contributed by atoms with van der Waals surface area (Å²) in [5.41, 5.74) is -1.34. The molecule has 0 bridgehead atoms. The summed E-state index contributed by atoms with van der Waals surface area (Å²) >= 11 is 0. The van der Waals surface area contributed by atoms with Crippen LogP contribution in [0.4, 0.5) is 0 Å². The quantitative estimate of drug-likeness (QED) is 0.442. The molecule has 2 fully saturated rings. The maximum absolute atomic E-state index is 12.5. The third-order valence-electron chi connectivity index (χ3n) is 5.00. The highest BCUT2D eigenvalue weighted by Gasteiger charge is 2.50. The molecule has 1 N–H and O–H groups in total. The maximum atomic E-state index is 12.5. The zero-order chi connectivity index (χ0) is 16.0. The van der Waals surface area contributed by atoms with Gasteiger partial charge in [-0.3, -0.25) is 9.59 Å². The second-order valence-electron chi connectivity index (χ2n) is 6.64. The fourth-order valence-corrected chi connectivity index (χ4v) is 3.61. The standard InChI is InChI=1S/C17H28O5/c1-2-12-21-14(13-8-4-3-5-9-13)22-16(20)17(15(18)19)10-6-7-11-17/h13-14H,2-12H2,1H3,(H,18,19). The van der Waals surface area contributed by atoms with Crippen LogP contribution in [-0.4, -0.2) is 29.9 Å². The third-order valence-corrected chi connectivity index (χ3v) is 5.00. The van der Waals surface area contributed by atoms with E-state index < -0.39 is 23.6 Å². The van der Waals surface area contributed by atoms with Gasteiger partial charge in [-0.1, -0.05) is 39.0 Å². The molecular weight excluding hydrogens is 284 g/mol. The molecule has 5 heteroatoms. The van der Waals surface area contributed by atoms with Crippen LogP contribution in [0.5, 0.6) is 0 Å². The largest absolute Gasteiger partial charge is 0.480 e. The van der Waals surface area contributed by atoms with Gasteiger partial charge >= 0.3 is 11.9 Å². The van der Waals surface area contributed by atoms with Gasteiger partial charge in [-0.2, -0.15) is 0 Å². The Kier molecular flexibility index (Phi) is 6.24. The number of ether oxygens (including phenoxy) is 2. The third kappa shape index (κ3) is 3.80. The topological polar surface area (TPSA) is 72.8 Å². The van der Waals surface area contributed by atoms with E-state index in [2.05, 4.69) is 0 Å². The summed E-state index contributed by atoms with van der Waals surface area (Å²) in [7, 11) is 0. The van der Waals surface area contributed by atoms with Gasteiger partial charge in [0.25, 0.3) is 0 Å². The minimum absolute atomic E-state index is 0.205. The maximum Gasteiger partial charge on any atom is 0.325 e. The van der Waals surface area contributed by atoms with E-state index in [9.17, 15) is 14.7 Å². The Labute approximate surface area is 132 Å². The van der Waals surface area contributed by atoms with Gasteiger partial charge in [0.1, 0.15) is 0 Å². The molecule has 0 aromatic rings. The predicted octanol–water partition coefficient (Wildman–Crippen LogP) is 3.51. The second-order valence-corrected chi connectivity index (χ2v) is 6.64. The number of aliphatic carboxylic acids is 1. The lowest BCUT2D eigenvalue weighted by atomic mass is 9.86. The molecule has 0 aromatic heterocycles. The number of carboxylic acids is 1. The second kappa shape index (κ2) is 7.95. The van der Waals surface area contributed by atoms with E-state index in [1.807, 2.05) is 6.92 Å². The summed E-state index contributed by atoms with van der Waals surface area (Å²) in [5, 5.41) is 9.49. The molecule has 0 heterocycles. The molecule has 0 radical (unpaired) electrons. The number of carboxylic acid groups (broad SMARTS) is 1. The smallest absolute Gasteiger partial charge is 0.325 e. The first-order valence-corrected chi connectivity index (χ1v) is 8.66. The minimum Gasteiger partial charge on any atom is -0.480 e. The van der Waals surface area contributed by atoms with Gasteiger partial charge in [0.15, 0.2) is 5.41 Å². The fraction of sp³-hybridized carbons (Fsp3) is 0.882. The average molecular weight is 312 g/mol. The van der Waals surface area contributed by atoms with Crippen LogP contribution in [0.1, 0.15) is 71.1 Å². The van der Waals surface area contributed by atoms with Crippen molar-refractivity contribution in [1.29, 1.82) is 0 Å². The van der Waals surface area contributed by atoms with E-state index >= 15 is 0 Å². The van der Waals surface area contributed by atoms with Gasteiger partial charge < -0.3 is 14.6 Å². The van der Waals surface area contributed by atoms with Crippen LogP contribution >= 0.6 is 0 Å². The Morgan fingerprint density at radius 3 is 2.32 bits per heavy atom. The summed E-state index contributed by atoms with van der Waals surface area (Å²) in [6.07, 6.45) is 8.01. The lowest BCUT2D eigenvalue weighted by molar-refractivity contribution is -0.206. The Balaban J connectivity index is 2.04. The zero-order valence-electron chi connectivity index (χ0n) is 13.5. The van der Waals surface area contributed by atoms with E-state index in [1.54, 1.807) is 0 Å². The fourth-order valence-electron chi connectivity index (χ4n) is 3.61. The molecule has 0 amide bonds. The lowest BCUT2D eigenvalue weighted by Crippen LogP contribution is -2.42. The Bertz CT molecular complexity index is 381. The molecule has 2 aliphatic carbocycles. The molecule has 1 atom stereocenters. The van der Waals surface area contributed by atoms with Crippen LogP contribution < -0.4 is 0 Å². The molecule has 126 valence electrons. The SMILES string of the molecule is CCCOC(OC(=O)C1(C(=O)O)CCCC1)C1CCCCC1. The van der Waals surface area contributed by atoms with Crippen molar-refractivity contribution in [3.05, 3.63) is 0 Å². The van der Waals surface area contributed by atoms with Gasteiger partial charge in [0, 0.05) is 5.92 Å². The molecule has 0 aromatic carbocycles. The van der Waals surface area contributed by atoms with Gasteiger partial charge in [0.2, 0.25) is 6.29 Å². The molecule has 2 saturated carbocycles. The molecule has 5 nitrogen and oxygen atoms in total. The normalized spacial score (nSPS) is 23.1. The molecule has 0 spiro atoms. The van der Waals surface area contributed by atoms with E-state index in [1.165, 1.54) is 6.42 Å². The lowest BCUT2D eigenvalue weighted by Gasteiger charge is -2.32. The Morgan fingerprint density at radius 2 is 1.77 bits per heavy atom. The molecular formula is C17H28O5. The van der Waals surface area contributed by atoms with Crippen molar-refractivity contribution in [3.63, 3.8) is 0 Å². The van der Waals surface area contributed by atoms with Gasteiger partial charge in [-0.05, 0) is 32.1 Å². The molecule has 1 unspecified atom stereocenters. The number of carbonyl (C=O) groups excluding carboxylic acids is 1. The van der Waals surface area contributed by atoms with Crippen molar-refractivity contribution in [3.8, 4) is 0 Å². The number of rotatable bonds is 7. The van der Waals surface area contributed by atoms with Gasteiger partial charge in [-0.15, -0.1) is 0 Å². The first-order chi connectivity index (χ1) is 10.6. The van der Waals surface area contributed by atoms with Gasteiger partial charge in [-0.25, -0.2) is 0 Å². The summed E-state index contributed by atoms with van der Waals surface area (Å²) < 4.78 is 11.3. The number of carbonyl (C=O) groups is 2. The van der Waals surface area contributed by atoms with Crippen LogP contribution in [0.3, 0.4) is 0 Å². The Morgan fingerprint density at radius 1 is 1.14 bits per heavy atom. The molecule has 0 aliphatic heterocycles. The van der Waals surface area contributed by atoms with Crippen molar-refractivity contribution < 1.29 is 24.2 Å². The van der Waals surface area contributed by atoms with E-state index in [0.717, 1.165) is 44.9 Å². The molecule has 22 heavy (non-hydrogen) atoms. The zero-order valence-corrected chi connectivity index (χ0v) is 13.5. The van der Waals surface area contributed by atoms with Crippen molar-refractivity contribution >= 4 is 11.9 Å². The monoisotopic (exact) mass is 312 g/mol. The van der Waals surface area contributed by atoms with Crippen LogP contribution in [0.15, 0.2) is 0 Å². The van der Waals surface area contributed by atoms with Crippen LogP contribution in [0.2, 0.25) is 0 Å². The average Bonchev–Trinajstić information content (AvgIpc) is 3.03. The predicted molar refractivity (Wildman–Crippen MR) is 81.2 cm³/mol. The Hall–Kier alpha value is -1.10. The number of hydrogen-bond donors (Lipinski definition) is 1. The number of esters is 1. The van der Waals surface area contributed by atoms with Crippen LogP contribution in [-0.2, 0) is 19.1 Å². The summed E-state index contributed by atoms with van der Waals surface area (Å²) in [6, 6.07) is 0. The highest BCUT2D eigenvalue weighted by molar-refractivity contribution is 5.99. The first kappa shape index (κ1) is 17.3. The van der Waals surface area contributed by atoms with Gasteiger partial charge in [0.05, 0.1) is 6.61 Å².